The van der Waals surface area contributed by atoms with E-state index in [4.69, 9.17) is 0 Å². The monoisotopic (exact) mass is 457 g/mol. The Morgan fingerprint density at radius 1 is 1.09 bits per heavy atom. The number of hydrogen-bond donors (Lipinski definition) is 2. The van der Waals surface area contributed by atoms with Crippen LogP contribution < -0.4 is 10.6 Å². The van der Waals surface area contributed by atoms with Crippen molar-refractivity contribution in [3.8, 4) is 0 Å². The first-order valence-electron chi connectivity index (χ1n) is 9.15. The SMILES string of the molecule is O=C(CCC(F)(F)F)NCc1cnn2cc(CNC(=O)c3cc(C(F)F)ncn3)nc2c1. The first-order valence-corrected chi connectivity index (χ1v) is 9.15. The first kappa shape index (κ1) is 23.0. The number of rotatable bonds is 8. The number of amides is 2. The van der Waals surface area contributed by atoms with E-state index in [1.807, 2.05) is 0 Å². The lowest BCUT2D eigenvalue weighted by Gasteiger charge is -2.07. The number of imidazole rings is 1. The minimum absolute atomic E-state index is 0.0285. The van der Waals surface area contributed by atoms with Crippen molar-refractivity contribution in [3.05, 3.63) is 53.5 Å². The first-order chi connectivity index (χ1) is 15.1. The summed E-state index contributed by atoms with van der Waals surface area (Å²) in [5.74, 6) is -1.43. The van der Waals surface area contributed by atoms with Crippen LogP contribution in [0.5, 0.6) is 0 Å². The summed E-state index contributed by atoms with van der Waals surface area (Å²) in [6, 6.07) is 2.46. The Morgan fingerprint density at radius 3 is 2.59 bits per heavy atom. The number of alkyl halides is 5. The third kappa shape index (κ3) is 6.39. The minimum Gasteiger partial charge on any atom is -0.352 e. The van der Waals surface area contributed by atoms with Crippen molar-refractivity contribution in [3.63, 3.8) is 0 Å². The molecule has 2 amide bonds. The zero-order chi connectivity index (χ0) is 23.3. The summed E-state index contributed by atoms with van der Waals surface area (Å²) in [6.45, 7) is -0.0704. The molecule has 0 aliphatic rings. The maximum atomic E-state index is 12.7. The fourth-order valence-electron chi connectivity index (χ4n) is 2.57. The molecule has 0 bridgehead atoms. The van der Waals surface area contributed by atoms with Gasteiger partial charge in [-0.2, -0.15) is 18.3 Å². The Kier molecular flexibility index (Phi) is 6.90. The molecule has 3 heterocycles. The molecule has 3 aromatic heterocycles. The van der Waals surface area contributed by atoms with Gasteiger partial charge in [-0.25, -0.2) is 28.2 Å². The molecular formula is C18H16F5N7O2. The van der Waals surface area contributed by atoms with E-state index in [0.29, 0.717) is 16.9 Å². The maximum absolute atomic E-state index is 12.7. The normalized spacial score (nSPS) is 11.7. The second-order valence-electron chi connectivity index (χ2n) is 6.60. The van der Waals surface area contributed by atoms with Gasteiger partial charge in [-0.1, -0.05) is 0 Å². The van der Waals surface area contributed by atoms with Gasteiger partial charge in [0.25, 0.3) is 12.3 Å². The molecule has 0 radical (unpaired) electrons. The Morgan fingerprint density at radius 2 is 1.88 bits per heavy atom. The summed E-state index contributed by atoms with van der Waals surface area (Å²) in [4.78, 5) is 34.9. The van der Waals surface area contributed by atoms with E-state index >= 15 is 0 Å². The number of hydrogen-bond acceptors (Lipinski definition) is 6. The summed E-state index contributed by atoms with van der Waals surface area (Å²) in [5.41, 5.74) is 0.499. The second-order valence-corrected chi connectivity index (χ2v) is 6.60. The van der Waals surface area contributed by atoms with E-state index in [9.17, 15) is 31.5 Å². The summed E-state index contributed by atoms with van der Waals surface area (Å²) in [5, 5.41) is 8.96. The summed E-state index contributed by atoms with van der Waals surface area (Å²) >= 11 is 0. The van der Waals surface area contributed by atoms with Crippen LogP contribution in [0.25, 0.3) is 5.65 Å². The number of halogens is 5. The lowest BCUT2D eigenvalue weighted by molar-refractivity contribution is -0.144. The van der Waals surface area contributed by atoms with Gasteiger partial charge in [0.2, 0.25) is 5.91 Å². The number of fused-ring (bicyclic) bond motifs is 1. The van der Waals surface area contributed by atoms with Gasteiger partial charge in [-0.3, -0.25) is 9.59 Å². The quantitative estimate of drug-likeness (QED) is 0.502. The number of nitrogens with one attached hydrogen (secondary N) is 2. The molecule has 2 N–H and O–H groups in total. The molecule has 0 unspecified atom stereocenters. The molecule has 3 rings (SSSR count). The Hall–Kier alpha value is -3.71. The highest BCUT2D eigenvalue weighted by molar-refractivity contribution is 5.92. The molecule has 9 nitrogen and oxygen atoms in total. The van der Waals surface area contributed by atoms with Crippen LogP contribution in [-0.2, 0) is 17.9 Å². The molecule has 0 spiro atoms. The van der Waals surface area contributed by atoms with E-state index < -0.39 is 43.0 Å². The third-order valence-corrected chi connectivity index (χ3v) is 4.13. The van der Waals surface area contributed by atoms with Crippen molar-refractivity contribution in [1.82, 2.24) is 35.2 Å². The molecule has 14 heteroatoms. The van der Waals surface area contributed by atoms with Crippen LogP contribution >= 0.6 is 0 Å². The molecule has 0 aliphatic heterocycles. The zero-order valence-electron chi connectivity index (χ0n) is 16.2. The van der Waals surface area contributed by atoms with Gasteiger partial charge >= 0.3 is 6.18 Å². The number of nitrogens with zero attached hydrogens (tertiary/aromatic N) is 5. The third-order valence-electron chi connectivity index (χ3n) is 4.13. The van der Waals surface area contributed by atoms with Crippen LogP contribution in [0.15, 0.2) is 30.9 Å². The minimum atomic E-state index is -4.40. The van der Waals surface area contributed by atoms with E-state index in [0.717, 1.165) is 12.4 Å². The average Bonchev–Trinajstić information content (AvgIpc) is 3.16. The molecule has 170 valence electrons. The van der Waals surface area contributed by atoms with Gasteiger partial charge in [0, 0.05) is 13.0 Å². The number of carbonyl (C=O) groups is 2. The molecule has 0 saturated heterocycles. The van der Waals surface area contributed by atoms with E-state index in [-0.39, 0.29) is 18.8 Å². The highest BCUT2D eigenvalue weighted by Gasteiger charge is 2.27. The van der Waals surface area contributed by atoms with Crippen molar-refractivity contribution < 1.29 is 31.5 Å². The van der Waals surface area contributed by atoms with Crippen molar-refractivity contribution in [2.75, 3.05) is 0 Å². The number of aromatic nitrogens is 5. The lowest BCUT2D eigenvalue weighted by atomic mass is 10.2. The molecule has 32 heavy (non-hydrogen) atoms. The molecule has 0 atom stereocenters. The smallest absolute Gasteiger partial charge is 0.352 e. The topological polar surface area (TPSA) is 114 Å². The van der Waals surface area contributed by atoms with Crippen LogP contribution in [0.1, 0.15) is 46.7 Å². The Balaban J connectivity index is 1.57. The standard InChI is InChI=1S/C18H16F5N7O2/c19-16(20)12-4-13(27-9-26-12)17(32)25-7-11-8-30-14(29-11)3-10(6-28-30)5-24-15(31)1-2-18(21,22)23/h3-4,6,8-9,16H,1-2,5,7H2,(H,24,31)(H,25,32). The summed E-state index contributed by atoms with van der Waals surface area (Å²) < 4.78 is 63.2. The van der Waals surface area contributed by atoms with E-state index in [1.54, 1.807) is 6.07 Å². The predicted molar refractivity (Wildman–Crippen MR) is 98.3 cm³/mol. The summed E-state index contributed by atoms with van der Waals surface area (Å²) in [7, 11) is 0. The fourth-order valence-corrected chi connectivity index (χ4v) is 2.57. The lowest BCUT2D eigenvalue weighted by Crippen LogP contribution is -2.24. The molecule has 0 fully saturated rings. The zero-order valence-corrected chi connectivity index (χ0v) is 16.2. The van der Waals surface area contributed by atoms with Crippen LogP contribution in [0.3, 0.4) is 0 Å². The highest BCUT2D eigenvalue weighted by Crippen LogP contribution is 2.21. The molecular weight excluding hydrogens is 441 g/mol. The van der Waals surface area contributed by atoms with Gasteiger partial charge in [0.1, 0.15) is 17.7 Å². The van der Waals surface area contributed by atoms with Gasteiger partial charge in [-0.05, 0) is 17.7 Å². The average molecular weight is 457 g/mol. The van der Waals surface area contributed by atoms with Crippen LogP contribution in [0.4, 0.5) is 22.0 Å². The maximum Gasteiger partial charge on any atom is 0.389 e. The molecule has 3 aromatic rings. The van der Waals surface area contributed by atoms with Crippen molar-refractivity contribution in [1.29, 1.82) is 0 Å². The van der Waals surface area contributed by atoms with E-state index in [2.05, 4.69) is 30.7 Å². The highest BCUT2D eigenvalue weighted by atomic mass is 19.4. The van der Waals surface area contributed by atoms with Gasteiger partial charge < -0.3 is 10.6 Å². The number of carbonyl (C=O) groups excluding carboxylic acids is 2. The Bertz CT molecular complexity index is 1120. The van der Waals surface area contributed by atoms with Gasteiger partial charge in [0.15, 0.2) is 5.65 Å². The van der Waals surface area contributed by atoms with Crippen molar-refractivity contribution in [2.24, 2.45) is 0 Å². The molecule has 0 saturated carbocycles. The molecule has 0 aliphatic carbocycles. The second kappa shape index (κ2) is 9.62. The molecule has 0 aromatic carbocycles. The fraction of sp³-hybridized carbons (Fsp3) is 0.333. The van der Waals surface area contributed by atoms with Crippen LogP contribution in [0, 0.1) is 0 Å². The van der Waals surface area contributed by atoms with Gasteiger partial charge in [-0.15, -0.1) is 0 Å². The van der Waals surface area contributed by atoms with Crippen LogP contribution in [0.2, 0.25) is 0 Å². The Labute approximate surface area is 177 Å². The van der Waals surface area contributed by atoms with Crippen molar-refractivity contribution in [2.45, 2.75) is 38.5 Å². The van der Waals surface area contributed by atoms with Crippen LogP contribution in [-0.4, -0.2) is 42.6 Å². The van der Waals surface area contributed by atoms with Crippen molar-refractivity contribution >= 4 is 17.5 Å². The summed E-state index contributed by atoms with van der Waals surface area (Å²) in [6.07, 6.45) is -5.31. The van der Waals surface area contributed by atoms with Gasteiger partial charge in [0.05, 0.1) is 31.1 Å². The largest absolute Gasteiger partial charge is 0.389 e. The predicted octanol–water partition coefficient (Wildman–Crippen LogP) is 2.35. The van der Waals surface area contributed by atoms with E-state index in [1.165, 1.54) is 16.9 Å².